The van der Waals surface area contributed by atoms with Gasteiger partial charge in [-0.15, -0.1) is 0 Å². The van der Waals surface area contributed by atoms with Gasteiger partial charge in [-0.2, -0.15) is 0 Å². The summed E-state index contributed by atoms with van der Waals surface area (Å²) in [6.07, 6.45) is 0. The van der Waals surface area contributed by atoms with Gasteiger partial charge in [-0.3, -0.25) is 0 Å². The highest BCUT2D eigenvalue weighted by molar-refractivity contribution is 9.10. The van der Waals surface area contributed by atoms with E-state index in [1.165, 1.54) is 12.1 Å². The van der Waals surface area contributed by atoms with Gasteiger partial charge in [0.1, 0.15) is 5.82 Å². The van der Waals surface area contributed by atoms with Crippen molar-refractivity contribution in [2.75, 3.05) is 0 Å². The third kappa shape index (κ3) is 2.53. The molecule has 0 radical (unpaired) electrons. The first-order valence-corrected chi connectivity index (χ1v) is 5.66. The molecule has 0 atom stereocenters. The Labute approximate surface area is 106 Å². The first-order chi connectivity index (χ1) is 8.08. The van der Waals surface area contributed by atoms with Crippen LogP contribution in [0.15, 0.2) is 46.9 Å². The molecule has 2 aromatic rings. The predicted octanol–water partition coefficient (Wildman–Crippen LogP) is 3.95. The number of benzene rings is 2. The summed E-state index contributed by atoms with van der Waals surface area (Å²) in [4.78, 5) is 10.8. The minimum atomic E-state index is -1.26. The normalized spacial score (nSPS) is 10.2. The maximum absolute atomic E-state index is 13.2. The molecule has 4 heteroatoms. The highest BCUT2D eigenvalue weighted by atomic mass is 79.9. The van der Waals surface area contributed by atoms with Crippen molar-refractivity contribution in [3.05, 3.63) is 58.3 Å². The van der Waals surface area contributed by atoms with Crippen LogP contribution in [0.1, 0.15) is 10.4 Å². The zero-order valence-corrected chi connectivity index (χ0v) is 10.2. The van der Waals surface area contributed by atoms with Crippen LogP contribution in [0.3, 0.4) is 0 Å². The maximum atomic E-state index is 13.2. The van der Waals surface area contributed by atoms with E-state index in [9.17, 15) is 9.18 Å². The monoisotopic (exact) mass is 294 g/mol. The van der Waals surface area contributed by atoms with Crippen molar-refractivity contribution in [2.24, 2.45) is 0 Å². The third-order valence-electron chi connectivity index (χ3n) is 2.35. The van der Waals surface area contributed by atoms with Crippen molar-refractivity contribution >= 4 is 21.9 Å². The molecular weight excluding hydrogens is 287 g/mol. The number of aromatic carboxylic acids is 1. The van der Waals surface area contributed by atoms with Crippen LogP contribution in [0.2, 0.25) is 0 Å². The van der Waals surface area contributed by atoms with Crippen LogP contribution in [0.5, 0.6) is 0 Å². The lowest BCUT2D eigenvalue weighted by molar-refractivity contribution is 0.0692. The lowest BCUT2D eigenvalue weighted by Crippen LogP contribution is -2.00. The lowest BCUT2D eigenvalue weighted by Gasteiger charge is -2.04. The van der Waals surface area contributed by atoms with E-state index in [2.05, 4.69) is 15.9 Å². The Balaban J connectivity index is 2.54. The number of hydrogen-bond acceptors (Lipinski definition) is 1. The van der Waals surface area contributed by atoms with E-state index in [0.717, 1.165) is 10.0 Å². The molecule has 0 aromatic heterocycles. The summed E-state index contributed by atoms with van der Waals surface area (Å²) in [6.45, 7) is 0. The third-order valence-corrected chi connectivity index (χ3v) is 2.85. The minimum Gasteiger partial charge on any atom is -0.478 e. The van der Waals surface area contributed by atoms with Crippen molar-refractivity contribution in [3.63, 3.8) is 0 Å². The molecule has 0 heterocycles. The largest absolute Gasteiger partial charge is 0.478 e. The second-order valence-electron chi connectivity index (χ2n) is 3.51. The fourth-order valence-corrected chi connectivity index (χ4v) is 1.94. The molecule has 0 unspecified atom stereocenters. The quantitative estimate of drug-likeness (QED) is 0.910. The maximum Gasteiger partial charge on any atom is 0.338 e. The van der Waals surface area contributed by atoms with Crippen molar-refractivity contribution < 1.29 is 14.3 Å². The molecule has 17 heavy (non-hydrogen) atoms. The molecule has 86 valence electrons. The molecule has 0 aliphatic carbocycles. The Morgan fingerprint density at radius 2 is 1.82 bits per heavy atom. The molecule has 2 aromatic carbocycles. The van der Waals surface area contributed by atoms with Crippen molar-refractivity contribution in [2.45, 2.75) is 0 Å². The minimum absolute atomic E-state index is 0.317. The van der Waals surface area contributed by atoms with Gasteiger partial charge in [0.05, 0.1) is 5.56 Å². The molecule has 0 bridgehead atoms. The summed E-state index contributed by atoms with van der Waals surface area (Å²) in [6, 6.07) is 11.4. The first-order valence-electron chi connectivity index (χ1n) is 4.87. The van der Waals surface area contributed by atoms with E-state index in [1.54, 1.807) is 6.07 Å². The average molecular weight is 295 g/mol. The number of carboxylic acids is 1. The summed E-state index contributed by atoms with van der Waals surface area (Å²) in [7, 11) is 0. The van der Waals surface area contributed by atoms with Gasteiger partial charge < -0.3 is 5.11 Å². The second kappa shape index (κ2) is 4.67. The highest BCUT2D eigenvalue weighted by Crippen LogP contribution is 2.24. The van der Waals surface area contributed by atoms with E-state index in [-0.39, 0.29) is 5.56 Å². The smallest absolute Gasteiger partial charge is 0.338 e. The summed E-state index contributed by atoms with van der Waals surface area (Å²) in [5.74, 6) is -1.99. The molecule has 2 nitrogen and oxygen atoms in total. The number of rotatable bonds is 2. The van der Waals surface area contributed by atoms with Gasteiger partial charge in [-0.1, -0.05) is 34.1 Å². The van der Waals surface area contributed by atoms with Gasteiger partial charge in [0.15, 0.2) is 0 Å². The zero-order valence-electron chi connectivity index (χ0n) is 8.65. The van der Waals surface area contributed by atoms with Crippen LogP contribution in [0.25, 0.3) is 11.1 Å². The number of carbonyl (C=O) groups is 1. The number of carboxylic acid groups (broad SMARTS) is 1. The molecule has 0 saturated heterocycles. The summed E-state index contributed by atoms with van der Waals surface area (Å²) >= 11 is 3.33. The zero-order chi connectivity index (χ0) is 12.4. The van der Waals surface area contributed by atoms with Crippen LogP contribution in [-0.2, 0) is 0 Å². The molecule has 2 rings (SSSR count). The lowest BCUT2D eigenvalue weighted by atomic mass is 10.0. The molecule has 0 spiro atoms. The summed E-state index contributed by atoms with van der Waals surface area (Å²) in [5, 5.41) is 8.84. The fourth-order valence-electron chi connectivity index (χ4n) is 1.54. The number of hydrogen-bond donors (Lipinski definition) is 1. The Morgan fingerprint density at radius 3 is 2.47 bits per heavy atom. The van der Waals surface area contributed by atoms with Gasteiger partial charge in [0.25, 0.3) is 0 Å². The highest BCUT2D eigenvalue weighted by Gasteiger charge is 2.11. The summed E-state index contributed by atoms with van der Waals surface area (Å²) < 4.78 is 14.1. The topological polar surface area (TPSA) is 37.3 Å². The predicted molar refractivity (Wildman–Crippen MR) is 66.5 cm³/mol. The van der Waals surface area contributed by atoms with Gasteiger partial charge in [-0.25, -0.2) is 9.18 Å². The van der Waals surface area contributed by atoms with Crippen molar-refractivity contribution in [1.82, 2.24) is 0 Å². The molecule has 0 amide bonds. The molecule has 1 N–H and O–H groups in total. The van der Waals surface area contributed by atoms with Gasteiger partial charge in [0.2, 0.25) is 0 Å². The fraction of sp³-hybridized carbons (Fsp3) is 0. The SMILES string of the molecule is O=C(O)c1cc(-c2cccc(Br)c2)ccc1F. The Bertz CT molecular complexity index is 581. The van der Waals surface area contributed by atoms with Crippen LogP contribution in [0.4, 0.5) is 4.39 Å². The van der Waals surface area contributed by atoms with Crippen LogP contribution in [0, 0.1) is 5.82 Å². The van der Waals surface area contributed by atoms with E-state index < -0.39 is 11.8 Å². The Hall–Kier alpha value is -1.68. The van der Waals surface area contributed by atoms with E-state index in [0.29, 0.717) is 5.56 Å². The molecule has 0 fully saturated rings. The molecular formula is C13H8BrFO2. The second-order valence-corrected chi connectivity index (χ2v) is 4.43. The van der Waals surface area contributed by atoms with Crippen LogP contribution < -0.4 is 0 Å². The first kappa shape index (κ1) is 11.8. The van der Waals surface area contributed by atoms with Crippen LogP contribution in [-0.4, -0.2) is 11.1 Å². The van der Waals surface area contributed by atoms with E-state index >= 15 is 0 Å². The van der Waals surface area contributed by atoms with E-state index in [4.69, 9.17) is 5.11 Å². The van der Waals surface area contributed by atoms with Crippen LogP contribution >= 0.6 is 15.9 Å². The average Bonchev–Trinajstić information content (AvgIpc) is 2.29. The van der Waals surface area contributed by atoms with Crippen molar-refractivity contribution in [1.29, 1.82) is 0 Å². The Kier molecular flexibility index (Phi) is 3.24. The summed E-state index contributed by atoms with van der Waals surface area (Å²) in [5.41, 5.74) is 1.19. The Morgan fingerprint density at radius 1 is 1.12 bits per heavy atom. The van der Waals surface area contributed by atoms with Gasteiger partial charge >= 0.3 is 5.97 Å². The molecule has 0 aliphatic rings. The molecule has 0 saturated carbocycles. The molecule has 0 aliphatic heterocycles. The van der Waals surface area contributed by atoms with Gasteiger partial charge in [0, 0.05) is 4.47 Å². The van der Waals surface area contributed by atoms with Gasteiger partial charge in [-0.05, 0) is 35.4 Å². The van der Waals surface area contributed by atoms with E-state index in [1.807, 2.05) is 24.3 Å². The number of halogens is 2. The van der Waals surface area contributed by atoms with Crippen molar-refractivity contribution in [3.8, 4) is 11.1 Å². The standard InChI is InChI=1S/C13H8BrFO2/c14-10-3-1-2-8(6-10)9-4-5-12(15)11(7-9)13(16)17/h1-7H,(H,16,17).